The summed E-state index contributed by atoms with van der Waals surface area (Å²) in [6.45, 7) is 3.76. The summed E-state index contributed by atoms with van der Waals surface area (Å²) >= 11 is 0. The number of carbonyl (C=O) groups is 1. The molecule has 2 N–H and O–H groups in total. The Morgan fingerprint density at radius 1 is 1.41 bits per heavy atom. The molecule has 1 amide bonds. The maximum atomic E-state index is 12.7. The zero-order valence-corrected chi connectivity index (χ0v) is 13.0. The number of ether oxygens (including phenoxy) is 1. The first-order valence-electron chi connectivity index (χ1n) is 7.64. The van der Waals surface area contributed by atoms with Crippen LogP contribution in [0.5, 0.6) is 5.75 Å². The molecule has 2 heterocycles. The lowest BCUT2D eigenvalue weighted by atomic mass is 10.0. The van der Waals surface area contributed by atoms with Crippen LogP contribution < -0.4 is 15.4 Å². The molecule has 5 nitrogen and oxygen atoms in total. The number of methoxy groups -OCH3 is 1. The van der Waals surface area contributed by atoms with Crippen LogP contribution in [-0.4, -0.2) is 37.1 Å². The number of hydrogen-bond donors (Lipinski definition) is 2. The van der Waals surface area contributed by atoms with Gasteiger partial charge in [-0.1, -0.05) is 0 Å². The molecule has 1 aliphatic heterocycles. The maximum Gasteiger partial charge on any atom is 0.252 e. The zero-order valence-electron chi connectivity index (χ0n) is 13.0. The molecule has 1 aliphatic rings. The molecule has 3 rings (SSSR count). The molecular formula is C17H21N3O2. The highest BCUT2D eigenvalue weighted by atomic mass is 16.5. The third-order valence-corrected chi connectivity index (χ3v) is 4.02. The molecule has 1 atom stereocenters. The summed E-state index contributed by atoms with van der Waals surface area (Å²) in [7, 11) is 1.62. The Morgan fingerprint density at radius 3 is 3.00 bits per heavy atom. The van der Waals surface area contributed by atoms with Crippen LogP contribution >= 0.6 is 0 Å². The fraction of sp³-hybridized carbons (Fsp3) is 0.412. The van der Waals surface area contributed by atoms with Crippen molar-refractivity contribution in [3.63, 3.8) is 0 Å². The summed E-state index contributed by atoms with van der Waals surface area (Å²) in [6, 6.07) is 7.65. The molecule has 0 bridgehead atoms. The summed E-state index contributed by atoms with van der Waals surface area (Å²) in [6.07, 6.45) is 2.11. The van der Waals surface area contributed by atoms with Gasteiger partial charge in [-0.25, -0.2) is 0 Å². The molecule has 0 spiro atoms. The SMILES string of the molecule is COc1ccc2nc(C)cc(C(=O)N[C@H]3CCCNC3)c2c1. The number of nitrogens with zero attached hydrogens (tertiary/aromatic N) is 1. The van der Waals surface area contributed by atoms with Crippen molar-refractivity contribution in [2.45, 2.75) is 25.8 Å². The second kappa shape index (κ2) is 6.32. The third-order valence-electron chi connectivity index (χ3n) is 4.02. The molecular weight excluding hydrogens is 278 g/mol. The normalized spacial score (nSPS) is 18.2. The van der Waals surface area contributed by atoms with Crippen molar-refractivity contribution >= 4 is 16.8 Å². The van der Waals surface area contributed by atoms with Gasteiger partial charge in [-0.3, -0.25) is 9.78 Å². The second-order valence-electron chi connectivity index (χ2n) is 5.71. The maximum absolute atomic E-state index is 12.7. The molecule has 0 saturated carbocycles. The van der Waals surface area contributed by atoms with E-state index in [1.54, 1.807) is 7.11 Å². The minimum Gasteiger partial charge on any atom is -0.497 e. The van der Waals surface area contributed by atoms with Gasteiger partial charge in [0.1, 0.15) is 5.75 Å². The number of piperidine rings is 1. The van der Waals surface area contributed by atoms with Crippen LogP contribution in [0.25, 0.3) is 10.9 Å². The molecule has 0 aliphatic carbocycles. The Morgan fingerprint density at radius 2 is 2.27 bits per heavy atom. The van der Waals surface area contributed by atoms with Gasteiger partial charge in [-0.2, -0.15) is 0 Å². The first-order chi connectivity index (χ1) is 10.7. The van der Waals surface area contributed by atoms with E-state index in [4.69, 9.17) is 4.74 Å². The van der Waals surface area contributed by atoms with Crippen molar-refractivity contribution in [1.29, 1.82) is 0 Å². The van der Waals surface area contributed by atoms with E-state index in [0.717, 1.165) is 48.3 Å². The number of benzene rings is 1. The summed E-state index contributed by atoms with van der Waals surface area (Å²) < 4.78 is 5.27. The fourth-order valence-corrected chi connectivity index (χ4v) is 2.89. The molecule has 1 saturated heterocycles. The topological polar surface area (TPSA) is 63.2 Å². The minimum atomic E-state index is -0.0440. The lowest BCUT2D eigenvalue weighted by Crippen LogP contribution is -2.45. The average Bonchev–Trinajstić information content (AvgIpc) is 2.54. The first kappa shape index (κ1) is 14.8. The van der Waals surface area contributed by atoms with E-state index >= 15 is 0 Å². The number of carbonyl (C=O) groups excluding carboxylic acids is 1. The van der Waals surface area contributed by atoms with Gasteiger partial charge in [0.05, 0.1) is 18.2 Å². The predicted octanol–water partition coefficient (Wildman–Crippen LogP) is 2.03. The van der Waals surface area contributed by atoms with E-state index in [-0.39, 0.29) is 11.9 Å². The molecule has 0 unspecified atom stereocenters. The van der Waals surface area contributed by atoms with Crippen molar-refractivity contribution < 1.29 is 9.53 Å². The summed E-state index contributed by atoms with van der Waals surface area (Å²) in [5.74, 6) is 0.684. The highest BCUT2D eigenvalue weighted by Crippen LogP contribution is 2.24. The predicted molar refractivity (Wildman–Crippen MR) is 86.4 cm³/mol. The van der Waals surface area contributed by atoms with Crippen LogP contribution in [0, 0.1) is 6.92 Å². The Hall–Kier alpha value is -2.14. The number of aromatic nitrogens is 1. The number of rotatable bonds is 3. The number of aryl methyl sites for hydroxylation is 1. The van der Waals surface area contributed by atoms with Crippen LogP contribution in [0.15, 0.2) is 24.3 Å². The van der Waals surface area contributed by atoms with E-state index < -0.39 is 0 Å². The Bertz CT molecular complexity index is 694. The summed E-state index contributed by atoms with van der Waals surface area (Å²) in [5.41, 5.74) is 2.31. The lowest BCUT2D eigenvalue weighted by Gasteiger charge is -2.24. The number of fused-ring (bicyclic) bond motifs is 1. The van der Waals surface area contributed by atoms with E-state index in [2.05, 4.69) is 15.6 Å². The van der Waals surface area contributed by atoms with Crippen LogP contribution in [0.3, 0.4) is 0 Å². The average molecular weight is 299 g/mol. The van der Waals surface area contributed by atoms with Gasteiger partial charge >= 0.3 is 0 Å². The van der Waals surface area contributed by atoms with Crippen LogP contribution in [-0.2, 0) is 0 Å². The fourth-order valence-electron chi connectivity index (χ4n) is 2.89. The van der Waals surface area contributed by atoms with Gasteiger partial charge in [-0.15, -0.1) is 0 Å². The smallest absolute Gasteiger partial charge is 0.252 e. The third kappa shape index (κ3) is 3.04. The number of amides is 1. The van der Waals surface area contributed by atoms with Gasteiger partial charge in [0.2, 0.25) is 0 Å². The van der Waals surface area contributed by atoms with Gasteiger partial charge in [-0.05, 0) is 50.6 Å². The number of nitrogens with one attached hydrogen (secondary N) is 2. The lowest BCUT2D eigenvalue weighted by molar-refractivity contribution is 0.0932. The van der Waals surface area contributed by atoms with E-state index in [0.29, 0.717) is 5.56 Å². The van der Waals surface area contributed by atoms with Crippen molar-refractivity contribution in [1.82, 2.24) is 15.6 Å². The molecule has 0 radical (unpaired) electrons. The zero-order chi connectivity index (χ0) is 15.5. The van der Waals surface area contributed by atoms with Crippen molar-refractivity contribution in [2.75, 3.05) is 20.2 Å². The van der Waals surface area contributed by atoms with E-state index in [1.807, 2.05) is 31.2 Å². The summed E-state index contributed by atoms with van der Waals surface area (Å²) in [5, 5.41) is 7.26. The quantitative estimate of drug-likeness (QED) is 0.910. The minimum absolute atomic E-state index is 0.0440. The summed E-state index contributed by atoms with van der Waals surface area (Å²) in [4.78, 5) is 17.2. The van der Waals surface area contributed by atoms with Crippen molar-refractivity contribution in [3.05, 3.63) is 35.5 Å². The van der Waals surface area contributed by atoms with Gasteiger partial charge in [0.25, 0.3) is 5.91 Å². The molecule has 2 aromatic rings. The Balaban J connectivity index is 1.95. The van der Waals surface area contributed by atoms with Crippen LogP contribution in [0.1, 0.15) is 28.9 Å². The molecule has 1 aromatic carbocycles. The number of pyridine rings is 1. The highest BCUT2D eigenvalue weighted by molar-refractivity contribution is 6.06. The van der Waals surface area contributed by atoms with E-state index in [1.165, 1.54) is 0 Å². The second-order valence-corrected chi connectivity index (χ2v) is 5.71. The molecule has 22 heavy (non-hydrogen) atoms. The molecule has 1 fully saturated rings. The van der Waals surface area contributed by atoms with E-state index in [9.17, 15) is 4.79 Å². The standard InChI is InChI=1S/C17H21N3O2/c1-11-8-15(17(21)20-12-4-3-7-18-10-12)14-9-13(22-2)5-6-16(14)19-11/h5-6,8-9,12,18H,3-4,7,10H2,1-2H3,(H,20,21)/t12-/m0/s1. The molecule has 5 heteroatoms. The van der Waals surface area contributed by atoms with Crippen LogP contribution in [0.4, 0.5) is 0 Å². The first-order valence-corrected chi connectivity index (χ1v) is 7.64. The Kier molecular flexibility index (Phi) is 4.24. The molecule has 116 valence electrons. The van der Waals surface area contributed by atoms with Gasteiger partial charge < -0.3 is 15.4 Å². The highest BCUT2D eigenvalue weighted by Gasteiger charge is 2.18. The monoisotopic (exact) mass is 299 g/mol. The van der Waals surface area contributed by atoms with Gasteiger partial charge in [0.15, 0.2) is 0 Å². The Labute approximate surface area is 130 Å². The van der Waals surface area contributed by atoms with Crippen molar-refractivity contribution in [2.24, 2.45) is 0 Å². The van der Waals surface area contributed by atoms with Gasteiger partial charge in [0, 0.05) is 23.7 Å². The van der Waals surface area contributed by atoms with Crippen LogP contribution in [0.2, 0.25) is 0 Å². The number of hydrogen-bond acceptors (Lipinski definition) is 4. The van der Waals surface area contributed by atoms with Crippen molar-refractivity contribution in [3.8, 4) is 5.75 Å². The largest absolute Gasteiger partial charge is 0.497 e. The molecule has 1 aromatic heterocycles.